The minimum Gasteiger partial charge on any atom is -0.495 e. The van der Waals surface area contributed by atoms with Crippen molar-refractivity contribution in [1.29, 1.82) is 0 Å². The molecule has 1 amide bonds. The van der Waals surface area contributed by atoms with Gasteiger partial charge in [0.2, 0.25) is 0 Å². The molecular weight excluding hydrogens is 344 g/mol. The molecule has 0 radical (unpaired) electrons. The van der Waals surface area contributed by atoms with E-state index in [0.717, 1.165) is 0 Å². The molecule has 0 aliphatic heterocycles. The number of hydrogen-bond donors (Lipinski definition) is 1. The van der Waals surface area contributed by atoms with Crippen molar-refractivity contribution in [1.82, 2.24) is 14.5 Å². The summed E-state index contributed by atoms with van der Waals surface area (Å²) in [4.78, 5) is 20.7. The van der Waals surface area contributed by atoms with Gasteiger partial charge in [-0.05, 0) is 12.1 Å². The van der Waals surface area contributed by atoms with Crippen molar-refractivity contribution in [2.45, 2.75) is 0 Å². The smallest absolute Gasteiger partial charge is 0.257 e. The maximum atomic E-state index is 12.5. The van der Waals surface area contributed by atoms with Crippen LogP contribution >= 0.6 is 11.6 Å². The minimum atomic E-state index is -0.327. The molecule has 1 N–H and O–H groups in total. The Labute approximate surface area is 149 Å². The number of anilines is 1. The fraction of sp³-hybridized carbons (Fsp3) is 0.118. The molecule has 7 nitrogen and oxygen atoms in total. The van der Waals surface area contributed by atoms with Crippen LogP contribution in [-0.2, 0) is 0 Å². The molecule has 0 fully saturated rings. The Bertz CT molecular complexity index is 880. The Hall–Kier alpha value is -3.06. The SMILES string of the molecule is COc1cc(NC(=O)c2ccc(-n3ccnc3)nc2)c(OC)cc1Cl. The number of carbonyl (C=O) groups is 1. The van der Waals surface area contributed by atoms with Crippen molar-refractivity contribution in [3.8, 4) is 17.3 Å². The molecule has 0 spiro atoms. The lowest BCUT2D eigenvalue weighted by molar-refractivity contribution is 0.102. The first-order chi connectivity index (χ1) is 12.1. The number of hydrogen-bond acceptors (Lipinski definition) is 5. The van der Waals surface area contributed by atoms with Crippen LogP contribution in [0.2, 0.25) is 5.02 Å². The summed E-state index contributed by atoms with van der Waals surface area (Å²) in [7, 11) is 2.99. The van der Waals surface area contributed by atoms with E-state index in [0.29, 0.717) is 33.6 Å². The summed E-state index contributed by atoms with van der Waals surface area (Å²) in [6.45, 7) is 0. The summed E-state index contributed by atoms with van der Waals surface area (Å²) >= 11 is 6.06. The van der Waals surface area contributed by atoms with E-state index in [-0.39, 0.29) is 5.91 Å². The Morgan fingerprint density at radius 1 is 1.20 bits per heavy atom. The summed E-state index contributed by atoms with van der Waals surface area (Å²) in [6, 6.07) is 6.59. The first-order valence-corrected chi connectivity index (χ1v) is 7.67. The van der Waals surface area contributed by atoms with Gasteiger partial charge in [-0.3, -0.25) is 9.36 Å². The van der Waals surface area contributed by atoms with Gasteiger partial charge < -0.3 is 14.8 Å². The van der Waals surface area contributed by atoms with Crippen molar-refractivity contribution in [3.05, 3.63) is 59.8 Å². The lowest BCUT2D eigenvalue weighted by atomic mass is 10.2. The molecule has 1 aromatic carbocycles. The Balaban J connectivity index is 1.82. The average molecular weight is 359 g/mol. The molecular formula is C17H15ClN4O3. The van der Waals surface area contributed by atoms with Crippen molar-refractivity contribution in [3.63, 3.8) is 0 Å². The fourth-order valence-corrected chi connectivity index (χ4v) is 2.45. The van der Waals surface area contributed by atoms with Gasteiger partial charge in [-0.2, -0.15) is 0 Å². The zero-order valence-electron chi connectivity index (χ0n) is 13.6. The number of carbonyl (C=O) groups excluding carboxylic acids is 1. The van der Waals surface area contributed by atoms with Crippen LogP contribution in [-0.4, -0.2) is 34.7 Å². The number of aromatic nitrogens is 3. The first kappa shape index (κ1) is 16.8. The predicted octanol–water partition coefficient (Wildman–Crippen LogP) is 3.19. The van der Waals surface area contributed by atoms with E-state index in [9.17, 15) is 4.79 Å². The van der Waals surface area contributed by atoms with Gasteiger partial charge in [-0.15, -0.1) is 0 Å². The molecule has 0 atom stereocenters. The van der Waals surface area contributed by atoms with Crippen LogP contribution < -0.4 is 14.8 Å². The van der Waals surface area contributed by atoms with Gasteiger partial charge >= 0.3 is 0 Å². The second kappa shape index (κ2) is 7.23. The molecule has 0 aliphatic rings. The highest BCUT2D eigenvalue weighted by molar-refractivity contribution is 6.32. The molecule has 3 aromatic rings. The van der Waals surface area contributed by atoms with E-state index >= 15 is 0 Å². The lowest BCUT2D eigenvalue weighted by Gasteiger charge is -2.13. The Kier molecular flexibility index (Phi) is 4.85. The van der Waals surface area contributed by atoms with Gasteiger partial charge in [0.05, 0.1) is 30.5 Å². The number of halogens is 1. The molecule has 0 unspecified atom stereocenters. The van der Waals surface area contributed by atoms with Crippen molar-refractivity contribution < 1.29 is 14.3 Å². The van der Waals surface area contributed by atoms with E-state index in [2.05, 4.69) is 15.3 Å². The lowest BCUT2D eigenvalue weighted by Crippen LogP contribution is -2.13. The largest absolute Gasteiger partial charge is 0.495 e. The monoisotopic (exact) mass is 358 g/mol. The van der Waals surface area contributed by atoms with E-state index in [1.54, 1.807) is 47.6 Å². The number of imidazole rings is 1. The quantitative estimate of drug-likeness (QED) is 0.757. The summed E-state index contributed by atoms with van der Waals surface area (Å²) in [5, 5.41) is 3.16. The first-order valence-electron chi connectivity index (χ1n) is 7.29. The van der Waals surface area contributed by atoms with Crippen LogP contribution in [0.25, 0.3) is 5.82 Å². The van der Waals surface area contributed by atoms with E-state index < -0.39 is 0 Å². The van der Waals surface area contributed by atoms with Gasteiger partial charge in [0.1, 0.15) is 23.6 Å². The number of pyridine rings is 1. The van der Waals surface area contributed by atoms with E-state index in [1.807, 2.05) is 0 Å². The summed E-state index contributed by atoms with van der Waals surface area (Å²) in [6.07, 6.45) is 6.55. The van der Waals surface area contributed by atoms with Gasteiger partial charge in [0, 0.05) is 30.7 Å². The molecule has 2 heterocycles. The Morgan fingerprint density at radius 2 is 2.00 bits per heavy atom. The maximum absolute atomic E-state index is 12.5. The highest BCUT2D eigenvalue weighted by Gasteiger charge is 2.14. The molecule has 0 bridgehead atoms. The highest BCUT2D eigenvalue weighted by atomic mass is 35.5. The summed E-state index contributed by atoms with van der Waals surface area (Å²) < 4.78 is 12.2. The van der Waals surface area contributed by atoms with Crippen molar-refractivity contribution >= 4 is 23.2 Å². The molecule has 8 heteroatoms. The van der Waals surface area contributed by atoms with Gasteiger partial charge in [-0.25, -0.2) is 9.97 Å². The number of nitrogens with one attached hydrogen (secondary N) is 1. The maximum Gasteiger partial charge on any atom is 0.257 e. The van der Waals surface area contributed by atoms with Gasteiger partial charge in [0.25, 0.3) is 5.91 Å². The topological polar surface area (TPSA) is 78.3 Å². The van der Waals surface area contributed by atoms with Crippen LogP contribution in [0.1, 0.15) is 10.4 Å². The van der Waals surface area contributed by atoms with Crippen LogP contribution in [0.3, 0.4) is 0 Å². The molecule has 25 heavy (non-hydrogen) atoms. The average Bonchev–Trinajstić information content (AvgIpc) is 3.17. The Morgan fingerprint density at radius 3 is 2.60 bits per heavy atom. The number of amides is 1. The zero-order valence-corrected chi connectivity index (χ0v) is 14.3. The standard InChI is InChI=1S/C17H15ClN4O3/c1-24-14-8-13(15(25-2)7-12(14)18)21-17(23)11-3-4-16(20-9-11)22-6-5-19-10-22/h3-10H,1-2H3,(H,21,23). The third-order valence-electron chi connectivity index (χ3n) is 3.50. The number of rotatable bonds is 5. The van der Waals surface area contributed by atoms with Crippen molar-refractivity contribution in [2.75, 3.05) is 19.5 Å². The third kappa shape index (κ3) is 3.56. The van der Waals surface area contributed by atoms with Crippen LogP contribution in [0.15, 0.2) is 49.2 Å². The predicted molar refractivity (Wildman–Crippen MR) is 93.9 cm³/mol. The number of methoxy groups -OCH3 is 2. The van der Waals surface area contributed by atoms with Crippen molar-refractivity contribution in [2.24, 2.45) is 0 Å². The van der Waals surface area contributed by atoms with Crippen LogP contribution in [0, 0.1) is 0 Å². The second-order valence-corrected chi connectivity index (χ2v) is 5.42. The fourth-order valence-electron chi connectivity index (χ4n) is 2.22. The number of benzene rings is 1. The molecule has 0 saturated heterocycles. The number of ether oxygens (including phenoxy) is 2. The van der Waals surface area contributed by atoms with E-state index in [4.69, 9.17) is 21.1 Å². The normalized spacial score (nSPS) is 10.4. The van der Waals surface area contributed by atoms with Gasteiger partial charge in [-0.1, -0.05) is 11.6 Å². The molecule has 0 aliphatic carbocycles. The second-order valence-electron chi connectivity index (χ2n) is 5.02. The number of nitrogens with zero attached hydrogens (tertiary/aromatic N) is 3. The van der Waals surface area contributed by atoms with Gasteiger partial charge in [0.15, 0.2) is 0 Å². The zero-order chi connectivity index (χ0) is 17.8. The van der Waals surface area contributed by atoms with Crippen LogP contribution in [0.5, 0.6) is 11.5 Å². The highest BCUT2D eigenvalue weighted by Crippen LogP contribution is 2.36. The third-order valence-corrected chi connectivity index (χ3v) is 3.80. The summed E-state index contributed by atoms with van der Waals surface area (Å²) in [5.41, 5.74) is 0.854. The molecule has 3 rings (SSSR count). The molecule has 2 aromatic heterocycles. The van der Waals surface area contributed by atoms with Crippen LogP contribution in [0.4, 0.5) is 5.69 Å². The molecule has 0 saturated carbocycles. The minimum absolute atomic E-state index is 0.327. The van der Waals surface area contributed by atoms with E-state index in [1.165, 1.54) is 20.4 Å². The summed E-state index contributed by atoms with van der Waals surface area (Å²) in [5.74, 6) is 1.21. The molecule has 128 valence electrons.